The molecule has 0 bridgehead atoms. The maximum Gasteiger partial charge on any atom is 0.127 e. The van der Waals surface area contributed by atoms with Crippen LogP contribution in [0.25, 0.3) is 11.0 Å². The van der Waals surface area contributed by atoms with Crippen LogP contribution in [0.3, 0.4) is 0 Å². The van der Waals surface area contributed by atoms with Crippen LogP contribution in [0.15, 0.2) is 18.2 Å². The number of imidazole rings is 1. The van der Waals surface area contributed by atoms with E-state index in [9.17, 15) is 0 Å². The molecule has 2 aromatic rings. The Balaban J connectivity index is 2.06. The molecule has 1 saturated heterocycles. The Morgan fingerprint density at radius 1 is 1.43 bits per heavy atom. The molecule has 1 N–H and O–H groups in total. The predicted molar refractivity (Wildman–Crippen MR) is 88.9 cm³/mol. The van der Waals surface area contributed by atoms with E-state index in [1.54, 1.807) is 0 Å². The molecule has 0 saturated carbocycles. The molecule has 3 nitrogen and oxygen atoms in total. The fourth-order valence-electron chi connectivity index (χ4n) is 3.44. The van der Waals surface area contributed by atoms with E-state index in [0.29, 0.717) is 12.1 Å². The lowest BCUT2D eigenvalue weighted by Crippen LogP contribution is -2.33. The van der Waals surface area contributed by atoms with Crippen LogP contribution in [-0.4, -0.2) is 16.1 Å². The summed E-state index contributed by atoms with van der Waals surface area (Å²) in [5, 5.41) is 4.43. The van der Waals surface area contributed by atoms with Crippen LogP contribution in [0.2, 0.25) is 5.02 Å². The van der Waals surface area contributed by atoms with Gasteiger partial charge in [-0.15, -0.1) is 0 Å². The highest BCUT2D eigenvalue weighted by Gasteiger charge is 2.27. The summed E-state index contributed by atoms with van der Waals surface area (Å²) in [6.07, 6.45) is 3.72. The molecule has 4 heteroatoms. The highest BCUT2D eigenvalue weighted by molar-refractivity contribution is 6.31. The maximum absolute atomic E-state index is 6.18. The third-order valence-corrected chi connectivity index (χ3v) is 4.83. The van der Waals surface area contributed by atoms with E-state index in [1.165, 1.54) is 25.1 Å². The molecule has 1 aliphatic heterocycles. The molecule has 2 unspecified atom stereocenters. The summed E-state index contributed by atoms with van der Waals surface area (Å²) in [5.74, 6) is 1.97. The minimum atomic E-state index is 0.359. The first-order valence-electron chi connectivity index (χ1n) is 8.01. The fourth-order valence-corrected chi connectivity index (χ4v) is 3.60. The van der Waals surface area contributed by atoms with Gasteiger partial charge in [0.05, 0.1) is 17.1 Å². The van der Waals surface area contributed by atoms with Crippen LogP contribution in [0.4, 0.5) is 0 Å². The molecule has 2 heterocycles. The zero-order chi connectivity index (χ0) is 15.0. The van der Waals surface area contributed by atoms with E-state index >= 15 is 0 Å². The van der Waals surface area contributed by atoms with Gasteiger partial charge in [0.25, 0.3) is 0 Å². The molecule has 0 spiro atoms. The van der Waals surface area contributed by atoms with Crippen LogP contribution >= 0.6 is 11.6 Å². The minimum absolute atomic E-state index is 0.359. The fraction of sp³-hybridized carbons (Fsp3) is 0.588. The van der Waals surface area contributed by atoms with Gasteiger partial charge >= 0.3 is 0 Å². The average Bonchev–Trinajstić information content (AvgIpc) is 2.86. The van der Waals surface area contributed by atoms with Gasteiger partial charge in [0.2, 0.25) is 0 Å². The Morgan fingerprint density at radius 2 is 2.24 bits per heavy atom. The normalized spacial score (nSPS) is 23.1. The molecule has 1 aliphatic rings. The third kappa shape index (κ3) is 2.82. The van der Waals surface area contributed by atoms with Crippen molar-refractivity contribution in [2.75, 3.05) is 6.54 Å². The molecular weight excluding hydrogens is 282 g/mol. The number of aromatic nitrogens is 2. The molecule has 0 aliphatic carbocycles. The Morgan fingerprint density at radius 3 is 2.95 bits per heavy atom. The van der Waals surface area contributed by atoms with Gasteiger partial charge in [-0.25, -0.2) is 4.98 Å². The number of piperidine rings is 1. The van der Waals surface area contributed by atoms with Gasteiger partial charge in [-0.2, -0.15) is 0 Å². The number of nitrogens with one attached hydrogen (secondary N) is 1. The first-order valence-corrected chi connectivity index (χ1v) is 8.38. The Kier molecular flexibility index (Phi) is 4.23. The lowest BCUT2D eigenvalue weighted by Gasteiger charge is -2.30. The Bertz CT molecular complexity index is 632. The second-order valence-corrected chi connectivity index (χ2v) is 6.81. The van der Waals surface area contributed by atoms with Gasteiger partial charge < -0.3 is 9.88 Å². The first-order chi connectivity index (χ1) is 10.1. The summed E-state index contributed by atoms with van der Waals surface area (Å²) in [6.45, 7) is 7.81. The second-order valence-electron chi connectivity index (χ2n) is 6.37. The number of hydrogen-bond donors (Lipinski definition) is 1. The summed E-state index contributed by atoms with van der Waals surface area (Å²) < 4.78 is 2.34. The number of hydrogen-bond acceptors (Lipinski definition) is 2. The molecule has 2 atom stereocenters. The molecule has 114 valence electrons. The third-order valence-electron chi connectivity index (χ3n) is 4.60. The van der Waals surface area contributed by atoms with E-state index in [0.717, 1.165) is 28.5 Å². The first kappa shape index (κ1) is 14.9. The second kappa shape index (κ2) is 5.98. The number of halogens is 1. The summed E-state index contributed by atoms with van der Waals surface area (Å²) in [6, 6.07) is 6.73. The lowest BCUT2D eigenvalue weighted by atomic mass is 9.90. The SMILES string of the molecule is CCC1CCNC(c2nc3ccc(Cl)cc3n2C(C)C)C1. The van der Waals surface area contributed by atoms with Crippen molar-refractivity contribution in [3.8, 4) is 0 Å². The Labute approximate surface area is 131 Å². The van der Waals surface area contributed by atoms with Crippen molar-refractivity contribution < 1.29 is 0 Å². The topological polar surface area (TPSA) is 29.9 Å². The minimum Gasteiger partial charge on any atom is -0.324 e. The quantitative estimate of drug-likeness (QED) is 0.889. The summed E-state index contributed by atoms with van der Waals surface area (Å²) in [5.41, 5.74) is 2.19. The van der Waals surface area contributed by atoms with Gasteiger partial charge in [-0.05, 0) is 57.4 Å². The predicted octanol–water partition coefficient (Wildman–Crippen LogP) is 4.72. The molecule has 1 fully saturated rings. The highest BCUT2D eigenvalue weighted by atomic mass is 35.5. The van der Waals surface area contributed by atoms with Crippen molar-refractivity contribution >= 4 is 22.6 Å². The smallest absolute Gasteiger partial charge is 0.127 e. The lowest BCUT2D eigenvalue weighted by molar-refractivity contribution is 0.284. The molecule has 1 aromatic heterocycles. The van der Waals surface area contributed by atoms with Crippen LogP contribution in [0.5, 0.6) is 0 Å². The molecular formula is C17H24ClN3. The van der Waals surface area contributed by atoms with Crippen LogP contribution in [-0.2, 0) is 0 Å². The van der Waals surface area contributed by atoms with Gasteiger partial charge in [0, 0.05) is 11.1 Å². The molecule has 3 rings (SSSR count). The zero-order valence-electron chi connectivity index (χ0n) is 13.1. The number of nitrogens with zero attached hydrogens (tertiary/aromatic N) is 2. The van der Waals surface area contributed by atoms with Crippen molar-refractivity contribution in [1.29, 1.82) is 0 Å². The van der Waals surface area contributed by atoms with Crippen molar-refractivity contribution in [2.45, 2.75) is 52.1 Å². The van der Waals surface area contributed by atoms with E-state index in [2.05, 4.69) is 30.7 Å². The molecule has 1 aromatic carbocycles. The number of fused-ring (bicyclic) bond motifs is 1. The molecule has 21 heavy (non-hydrogen) atoms. The van der Waals surface area contributed by atoms with Crippen molar-refractivity contribution in [3.63, 3.8) is 0 Å². The monoisotopic (exact) mass is 305 g/mol. The van der Waals surface area contributed by atoms with Gasteiger partial charge in [0.1, 0.15) is 5.82 Å². The zero-order valence-corrected chi connectivity index (χ0v) is 13.8. The summed E-state index contributed by atoms with van der Waals surface area (Å²) in [7, 11) is 0. The standard InChI is InChI=1S/C17H24ClN3/c1-4-12-7-8-19-15(9-12)17-20-14-6-5-13(18)10-16(14)21(17)11(2)3/h5-6,10-12,15,19H,4,7-9H2,1-3H3. The van der Waals surface area contributed by atoms with E-state index in [4.69, 9.17) is 16.6 Å². The largest absolute Gasteiger partial charge is 0.324 e. The Hall–Kier alpha value is -1.06. The molecule has 0 radical (unpaired) electrons. The molecule has 0 amide bonds. The van der Waals surface area contributed by atoms with E-state index in [1.807, 2.05) is 18.2 Å². The van der Waals surface area contributed by atoms with Crippen molar-refractivity contribution in [2.24, 2.45) is 5.92 Å². The maximum atomic E-state index is 6.18. The van der Waals surface area contributed by atoms with Crippen LogP contribution in [0, 0.1) is 5.92 Å². The average molecular weight is 306 g/mol. The van der Waals surface area contributed by atoms with Crippen molar-refractivity contribution in [3.05, 3.63) is 29.0 Å². The van der Waals surface area contributed by atoms with E-state index in [-0.39, 0.29) is 0 Å². The number of benzene rings is 1. The van der Waals surface area contributed by atoms with Crippen LogP contribution in [0.1, 0.15) is 57.9 Å². The van der Waals surface area contributed by atoms with Gasteiger partial charge in [0.15, 0.2) is 0 Å². The summed E-state index contributed by atoms with van der Waals surface area (Å²) >= 11 is 6.18. The highest BCUT2D eigenvalue weighted by Crippen LogP contribution is 2.33. The van der Waals surface area contributed by atoms with Gasteiger partial charge in [-0.3, -0.25) is 0 Å². The van der Waals surface area contributed by atoms with Crippen molar-refractivity contribution in [1.82, 2.24) is 14.9 Å². The van der Waals surface area contributed by atoms with Crippen LogP contribution < -0.4 is 5.32 Å². The van der Waals surface area contributed by atoms with Gasteiger partial charge in [-0.1, -0.05) is 24.9 Å². The van der Waals surface area contributed by atoms with E-state index < -0.39 is 0 Å². The summed E-state index contributed by atoms with van der Waals surface area (Å²) in [4.78, 5) is 4.91. The number of rotatable bonds is 3.